The summed E-state index contributed by atoms with van der Waals surface area (Å²) >= 11 is 14.4. The highest BCUT2D eigenvalue weighted by Crippen LogP contribution is 2.44. The van der Waals surface area contributed by atoms with Crippen LogP contribution in [0, 0.1) is 11.6 Å². The summed E-state index contributed by atoms with van der Waals surface area (Å²) in [5.41, 5.74) is 14.9. The van der Waals surface area contributed by atoms with Crippen molar-refractivity contribution in [1.29, 1.82) is 0 Å². The van der Waals surface area contributed by atoms with E-state index in [0.717, 1.165) is 77.3 Å². The number of hydrogen-bond donors (Lipinski definition) is 3. The Kier molecular flexibility index (Phi) is 16.8. The Labute approximate surface area is 556 Å². The van der Waals surface area contributed by atoms with Gasteiger partial charge in [-0.2, -0.15) is 0 Å². The first kappa shape index (κ1) is 60.5. The smallest absolute Gasteiger partial charge is 0.195 e. The molecular formula is C80H62Cl2F2N6O5. The van der Waals surface area contributed by atoms with Gasteiger partial charge in [-0.25, -0.2) is 23.7 Å². The highest BCUT2D eigenvalue weighted by molar-refractivity contribution is 6.31. The fourth-order valence-electron chi connectivity index (χ4n) is 12.9. The molecule has 0 aliphatic rings. The molecule has 0 aliphatic carbocycles. The largest absolute Gasteiger partial charge is 0.497 e. The molecule has 0 fully saturated rings. The number of methoxy groups -OCH3 is 2. The molecule has 11 nitrogen and oxygen atoms in total. The van der Waals surface area contributed by atoms with Gasteiger partial charge in [-0.05, 0) is 199 Å². The molecular weight excluding hydrogens is 1230 g/mol. The number of ether oxygens (including phenoxy) is 2. The van der Waals surface area contributed by atoms with Crippen molar-refractivity contribution in [3.05, 3.63) is 269 Å². The number of nitrogens with one attached hydrogen (secondary N) is 3. The van der Waals surface area contributed by atoms with E-state index in [2.05, 4.69) is 75.9 Å². The Morgan fingerprint density at radius 1 is 0.368 bits per heavy atom. The Hall–Kier alpha value is -10.7. The molecule has 6 heterocycles. The lowest BCUT2D eigenvalue weighted by atomic mass is 9.95. The van der Waals surface area contributed by atoms with Gasteiger partial charge in [0.1, 0.15) is 40.2 Å². The minimum Gasteiger partial charge on any atom is -0.497 e. The number of benzene rings is 9. The van der Waals surface area contributed by atoms with Crippen LogP contribution in [0.25, 0.3) is 123 Å². The molecule has 0 bridgehead atoms. The maximum absolute atomic E-state index is 16.7. The number of nitrogens with zero attached hydrogens (tertiary/aromatic N) is 3. The normalized spacial score (nSPS) is 11.6. The van der Waals surface area contributed by atoms with Crippen LogP contribution >= 0.6 is 23.2 Å². The average Bonchev–Trinajstić information content (AvgIpc) is 1.76. The summed E-state index contributed by atoms with van der Waals surface area (Å²) in [5, 5.41) is 4.34. The monoisotopic (exact) mass is 1290 g/mol. The van der Waals surface area contributed by atoms with Crippen molar-refractivity contribution >= 4 is 55.9 Å². The lowest BCUT2D eigenvalue weighted by molar-refractivity contribution is 0.414. The van der Waals surface area contributed by atoms with Crippen molar-refractivity contribution in [2.45, 2.75) is 57.8 Å². The van der Waals surface area contributed by atoms with Crippen molar-refractivity contribution in [2.24, 2.45) is 0 Å². The standard InChI is InChI=1S/C80H62Cl2F2N6O5/c1-91-62-17-9-13-48(40-62)78-77(90-73(93-78)25-11-15-51-45-86-70-22-7-4-19-65(51)70)57-33-54(41-63(42-57)92-2)53-34-58(39-59(81)36-53)80-76(89-74(95-80)26-12-16-52-46-87-71-23-8-5-20-66(52)71)56-35-55(37-60(82)38-56)67-43-49(29-32-68(67)84)79-75(47-27-30-61(83)31-28-47)88-72(94-79)24-10-14-50-44-85-69-21-6-3-18-64(50)69/h3-9,13,17-23,27-46,85-87H,10-12,14-16,24-26H2,1-2H3. The minimum absolute atomic E-state index is 0.260. The van der Waals surface area contributed by atoms with Crippen molar-refractivity contribution in [1.82, 2.24) is 29.9 Å². The lowest BCUT2D eigenvalue weighted by Crippen LogP contribution is -1.92. The summed E-state index contributed by atoms with van der Waals surface area (Å²) in [6.45, 7) is 0. The first-order chi connectivity index (χ1) is 46.5. The zero-order chi connectivity index (χ0) is 64.5. The fraction of sp³-hybridized carbons (Fsp3) is 0.138. The summed E-state index contributed by atoms with van der Waals surface area (Å²) in [5.74, 6) is 3.48. The number of aryl methyl sites for hydroxylation is 6. The first-order valence-corrected chi connectivity index (χ1v) is 32.5. The summed E-state index contributed by atoms with van der Waals surface area (Å²) < 4.78 is 63.2. The van der Waals surface area contributed by atoms with Crippen molar-refractivity contribution in [3.63, 3.8) is 0 Å². The molecule has 3 N–H and O–H groups in total. The number of oxazole rings is 3. The highest BCUT2D eigenvalue weighted by Gasteiger charge is 2.25. The van der Waals surface area contributed by atoms with Gasteiger partial charge in [0, 0.05) is 120 Å². The predicted molar refractivity (Wildman–Crippen MR) is 374 cm³/mol. The third-order valence-electron chi connectivity index (χ3n) is 17.6. The van der Waals surface area contributed by atoms with Crippen molar-refractivity contribution in [3.8, 4) is 101 Å². The molecule has 0 spiro atoms. The second-order valence-electron chi connectivity index (χ2n) is 23.8. The van der Waals surface area contributed by atoms with Crippen LogP contribution in [0.3, 0.4) is 0 Å². The van der Waals surface area contributed by atoms with E-state index in [1.165, 1.54) is 51.0 Å². The Bertz CT molecular complexity index is 5310. The minimum atomic E-state index is -0.488. The van der Waals surface area contributed by atoms with Crippen LogP contribution in [0.15, 0.2) is 226 Å². The molecule has 95 heavy (non-hydrogen) atoms. The molecule has 0 saturated heterocycles. The molecule has 15 aromatic rings. The molecule has 470 valence electrons. The molecule has 9 aromatic carbocycles. The topological polar surface area (TPSA) is 144 Å². The number of H-pyrrole nitrogens is 3. The van der Waals surface area contributed by atoms with E-state index in [9.17, 15) is 4.39 Å². The average molecular weight is 1300 g/mol. The first-order valence-electron chi connectivity index (χ1n) is 31.7. The second-order valence-corrected chi connectivity index (χ2v) is 24.7. The quantitative estimate of drug-likeness (QED) is 0.0609. The molecule has 6 aromatic heterocycles. The van der Waals surface area contributed by atoms with Crippen LogP contribution in [-0.2, 0) is 38.5 Å². The Balaban J connectivity index is 0.786. The number of fused-ring (bicyclic) bond motifs is 3. The van der Waals surface area contributed by atoms with E-state index in [1.807, 2.05) is 103 Å². The third kappa shape index (κ3) is 12.7. The zero-order valence-electron chi connectivity index (χ0n) is 52.0. The van der Waals surface area contributed by atoms with Gasteiger partial charge in [-0.15, -0.1) is 0 Å². The summed E-state index contributed by atoms with van der Waals surface area (Å²) in [6.07, 6.45) is 12.5. The molecule has 0 saturated carbocycles. The van der Waals surface area contributed by atoms with Crippen LogP contribution in [0.4, 0.5) is 8.78 Å². The molecule has 15 heteroatoms. The molecule has 0 aliphatic heterocycles. The zero-order valence-corrected chi connectivity index (χ0v) is 53.5. The summed E-state index contributed by atoms with van der Waals surface area (Å²) in [4.78, 5) is 25.6. The Morgan fingerprint density at radius 3 is 1.33 bits per heavy atom. The molecule has 0 radical (unpaired) electrons. The van der Waals surface area contributed by atoms with Gasteiger partial charge in [0.2, 0.25) is 0 Å². The Morgan fingerprint density at radius 2 is 0.779 bits per heavy atom. The summed E-state index contributed by atoms with van der Waals surface area (Å²) in [6, 6.07) is 60.7. The van der Waals surface area contributed by atoms with Crippen LogP contribution in [-0.4, -0.2) is 44.1 Å². The number of aromatic nitrogens is 6. The van der Waals surface area contributed by atoms with Crippen LogP contribution in [0.2, 0.25) is 10.0 Å². The number of rotatable bonds is 22. The van der Waals surface area contributed by atoms with Gasteiger partial charge in [-0.3, -0.25) is 0 Å². The SMILES string of the molecule is COc1cc(-c2cc(Cl)cc(-c3oc(CCCc4c[nH]c5ccccc45)nc3-c3cc(Cl)cc(-c4cc(-c5oc(CCCc6c[nH]c7ccccc67)nc5-c5ccc(F)cc5)ccc4F)c3)c2)cc(-c2nc(CCCc3c[nH]c4ccccc34)oc2-c2cccc(OC)c2)c1. The van der Waals surface area contributed by atoms with E-state index < -0.39 is 5.82 Å². The lowest BCUT2D eigenvalue weighted by Gasteiger charge is -2.12. The molecule has 0 unspecified atom stereocenters. The number of halogens is 4. The van der Waals surface area contributed by atoms with Crippen LogP contribution in [0.1, 0.15) is 53.6 Å². The van der Waals surface area contributed by atoms with Crippen LogP contribution < -0.4 is 9.47 Å². The molecule has 15 rings (SSSR count). The van der Waals surface area contributed by atoms with E-state index in [-0.39, 0.29) is 11.4 Å². The molecule has 0 atom stereocenters. The predicted octanol–water partition coefficient (Wildman–Crippen LogP) is 21.6. The van der Waals surface area contributed by atoms with Gasteiger partial charge < -0.3 is 37.7 Å². The van der Waals surface area contributed by atoms with Crippen LogP contribution in [0.5, 0.6) is 11.5 Å². The third-order valence-corrected chi connectivity index (χ3v) is 18.1. The fourth-order valence-corrected chi connectivity index (χ4v) is 13.4. The van der Waals surface area contributed by atoms with E-state index >= 15 is 4.39 Å². The maximum atomic E-state index is 16.7. The van der Waals surface area contributed by atoms with Gasteiger partial charge in [0.05, 0.1) is 14.2 Å². The van der Waals surface area contributed by atoms with Gasteiger partial charge >= 0.3 is 0 Å². The number of hydrogen-bond acceptors (Lipinski definition) is 8. The summed E-state index contributed by atoms with van der Waals surface area (Å²) in [7, 11) is 3.28. The van der Waals surface area contributed by atoms with E-state index in [4.69, 9.17) is 60.9 Å². The van der Waals surface area contributed by atoms with Gasteiger partial charge in [-0.1, -0.05) is 89.9 Å². The second kappa shape index (κ2) is 26.3. The maximum Gasteiger partial charge on any atom is 0.195 e. The van der Waals surface area contributed by atoms with Crippen molar-refractivity contribution in [2.75, 3.05) is 14.2 Å². The van der Waals surface area contributed by atoms with E-state index in [0.29, 0.717) is 121 Å². The number of aromatic amines is 3. The highest BCUT2D eigenvalue weighted by atomic mass is 35.5. The van der Waals surface area contributed by atoms with Gasteiger partial charge in [0.25, 0.3) is 0 Å². The number of para-hydroxylation sites is 3. The van der Waals surface area contributed by atoms with Gasteiger partial charge in [0.15, 0.2) is 35.0 Å². The van der Waals surface area contributed by atoms with Crippen molar-refractivity contribution < 1.29 is 31.5 Å². The van der Waals surface area contributed by atoms with E-state index in [1.54, 1.807) is 44.6 Å². The molecule has 0 amide bonds.